The van der Waals surface area contributed by atoms with Crippen molar-refractivity contribution < 1.29 is 9.53 Å². The zero-order valence-corrected chi connectivity index (χ0v) is 20.6. The Morgan fingerprint density at radius 2 is 1.82 bits per heavy atom. The van der Waals surface area contributed by atoms with Crippen LogP contribution in [0.2, 0.25) is 0 Å². The van der Waals surface area contributed by atoms with Gasteiger partial charge in [-0.3, -0.25) is 4.79 Å². The number of nitrogen functional groups attached to an aromatic ring is 1. The molecule has 0 bridgehead atoms. The lowest BCUT2D eigenvalue weighted by Gasteiger charge is -2.15. The van der Waals surface area contributed by atoms with Gasteiger partial charge < -0.3 is 15.9 Å². The molecule has 8 heteroatoms. The number of hydrogen-bond donors (Lipinski definition) is 2. The lowest BCUT2D eigenvalue weighted by Crippen LogP contribution is -2.24. The Bertz CT molecular complexity index is 1320. The van der Waals surface area contributed by atoms with Gasteiger partial charge in [-0.25, -0.2) is 4.68 Å². The third kappa shape index (κ3) is 5.34. The predicted octanol–water partition coefficient (Wildman–Crippen LogP) is 5.28. The number of hydrogen-bond acceptors (Lipinski definition) is 6. The molecule has 0 saturated heterocycles. The molecule has 1 unspecified atom stereocenters. The first kappa shape index (κ1) is 23.6. The first-order valence-corrected chi connectivity index (χ1v) is 12.1. The molecule has 0 aliphatic carbocycles. The van der Waals surface area contributed by atoms with Crippen molar-refractivity contribution >= 4 is 34.1 Å². The number of nitrogens with one attached hydrogen (secondary N) is 1. The van der Waals surface area contributed by atoms with Crippen LogP contribution >= 0.6 is 11.8 Å². The summed E-state index contributed by atoms with van der Waals surface area (Å²) in [7, 11) is 0. The van der Waals surface area contributed by atoms with E-state index in [9.17, 15) is 4.79 Å². The third-order valence-electron chi connectivity index (χ3n) is 5.55. The number of nitrogens with zero attached hydrogens (tertiary/aromatic N) is 3. The van der Waals surface area contributed by atoms with Crippen molar-refractivity contribution in [3.8, 4) is 5.75 Å². The summed E-state index contributed by atoms with van der Waals surface area (Å²) < 4.78 is 7.42. The molecule has 34 heavy (non-hydrogen) atoms. The number of aromatic nitrogens is 3. The number of nitrogens with two attached hydrogens (primary N) is 1. The van der Waals surface area contributed by atoms with Gasteiger partial charge in [-0.15, -0.1) is 10.2 Å². The van der Waals surface area contributed by atoms with Crippen LogP contribution in [0.25, 0.3) is 10.8 Å². The van der Waals surface area contributed by atoms with Crippen LogP contribution < -0.4 is 15.9 Å². The molecule has 3 N–H and O–H groups in total. The number of anilines is 1. The fourth-order valence-electron chi connectivity index (χ4n) is 3.59. The Morgan fingerprint density at radius 1 is 1.06 bits per heavy atom. The molecule has 4 rings (SSSR count). The van der Waals surface area contributed by atoms with Gasteiger partial charge in [0.05, 0.1) is 5.25 Å². The van der Waals surface area contributed by atoms with Crippen LogP contribution in [0.3, 0.4) is 0 Å². The quantitative estimate of drug-likeness (QED) is 0.266. The van der Waals surface area contributed by atoms with Gasteiger partial charge in [-0.2, -0.15) is 0 Å². The molecule has 1 atom stereocenters. The summed E-state index contributed by atoms with van der Waals surface area (Å²) in [6.07, 6.45) is 0. The Balaban J connectivity index is 1.39. The minimum Gasteiger partial charge on any atom is -0.485 e. The van der Waals surface area contributed by atoms with Crippen molar-refractivity contribution in [2.45, 2.75) is 50.6 Å². The molecule has 0 fully saturated rings. The fraction of sp³-hybridized carbons (Fsp3) is 0.269. The van der Waals surface area contributed by atoms with Crippen molar-refractivity contribution in [1.82, 2.24) is 14.9 Å². The first-order chi connectivity index (χ1) is 16.3. The molecule has 0 spiro atoms. The molecule has 1 amide bonds. The number of thioether (sulfide) groups is 1. The molecule has 0 radical (unpaired) electrons. The largest absolute Gasteiger partial charge is 0.485 e. The third-order valence-corrected chi connectivity index (χ3v) is 6.61. The van der Waals surface area contributed by atoms with Gasteiger partial charge in [0.25, 0.3) is 0 Å². The van der Waals surface area contributed by atoms with Crippen LogP contribution in [0.15, 0.2) is 65.8 Å². The molecule has 3 aromatic carbocycles. The molecular weight excluding hydrogens is 446 g/mol. The van der Waals surface area contributed by atoms with Gasteiger partial charge in [0.1, 0.15) is 12.4 Å². The molecule has 1 aromatic heterocycles. The van der Waals surface area contributed by atoms with Crippen molar-refractivity contribution in [1.29, 1.82) is 0 Å². The Labute approximate surface area is 203 Å². The van der Waals surface area contributed by atoms with Crippen LogP contribution in [0.5, 0.6) is 5.75 Å². The second-order valence-electron chi connectivity index (χ2n) is 8.56. The smallest absolute Gasteiger partial charge is 0.237 e. The molecule has 0 aliphatic heterocycles. The van der Waals surface area contributed by atoms with Crippen LogP contribution in [0, 0.1) is 6.92 Å². The average molecular weight is 476 g/mol. The standard InChI is InChI=1S/C26H29N5O2S/c1-16(2)22-12-9-17(3)13-23(22)33-15-24-29-30-26(31(24)27)34-18(4)25(32)28-21-11-10-19-7-5-6-8-20(19)14-21/h5-14,16,18H,15,27H2,1-4H3,(H,28,32). The maximum absolute atomic E-state index is 12.8. The van der Waals surface area contributed by atoms with Gasteiger partial charge in [-0.1, -0.05) is 68.1 Å². The van der Waals surface area contributed by atoms with Gasteiger partial charge in [0, 0.05) is 5.69 Å². The first-order valence-electron chi connectivity index (χ1n) is 11.2. The van der Waals surface area contributed by atoms with E-state index in [1.807, 2.05) is 62.4 Å². The van der Waals surface area contributed by atoms with Crippen LogP contribution in [-0.4, -0.2) is 26.0 Å². The highest BCUT2D eigenvalue weighted by atomic mass is 32.2. The predicted molar refractivity (Wildman–Crippen MR) is 138 cm³/mol. The lowest BCUT2D eigenvalue weighted by molar-refractivity contribution is -0.115. The summed E-state index contributed by atoms with van der Waals surface area (Å²) >= 11 is 1.25. The minimum absolute atomic E-state index is 0.137. The molecule has 1 heterocycles. The molecule has 0 aliphatic rings. The fourth-order valence-corrected chi connectivity index (χ4v) is 4.38. The van der Waals surface area contributed by atoms with Gasteiger partial charge >= 0.3 is 0 Å². The van der Waals surface area contributed by atoms with E-state index in [-0.39, 0.29) is 12.5 Å². The zero-order valence-electron chi connectivity index (χ0n) is 19.8. The van der Waals surface area contributed by atoms with Crippen molar-refractivity contribution in [3.05, 3.63) is 77.6 Å². The molecule has 4 aromatic rings. The van der Waals surface area contributed by atoms with E-state index in [2.05, 4.69) is 41.5 Å². The van der Waals surface area contributed by atoms with Crippen molar-refractivity contribution in [3.63, 3.8) is 0 Å². The summed E-state index contributed by atoms with van der Waals surface area (Å²) in [5.41, 5.74) is 3.00. The number of aryl methyl sites for hydroxylation is 1. The monoisotopic (exact) mass is 475 g/mol. The maximum atomic E-state index is 12.8. The zero-order chi connectivity index (χ0) is 24.2. The van der Waals surface area contributed by atoms with E-state index in [4.69, 9.17) is 10.6 Å². The second kappa shape index (κ2) is 10.2. The second-order valence-corrected chi connectivity index (χ2v) is 9.87. The normalized spacial score (nSPS) is 12.1. The van der Waals surface area contributed by atoms with E-state index < -0.39 is 5.25 Å². The van der Waals surface area contributed by atoms with Crippen LogP contribution in [-0.2, 0) is 11.4 Å². The van der Waals surface area contributed by atoms with Gasteiger partial charge in [0.2, 0.25) is 11.1 Å². The number of rotatable bonds is 8. The van der Waals surface area contributed by atoms with E-state index in [0.29, 0.717) is 16.9 Å². The number of fused-ring (bicyclic) bond motifs is 1. The summed E-state index contributed by atoms with van der Waals surface area (Å²) in [6.45, 7) is 8.28. The summed E-state index contributed by atoms with van der Waals surface area (Å²) in [5, 5.41) is 13.5. The Hall–Kier alpha value is -3.52. The van der Waals surface area contributed by atoms with Gasteiger partial charge in [-0.05, 0) is 59.9 Å². The van der Waals surface area contributed by atoms with E-state index in [0.717, 1.165) is 33.3 Å². The van der Waals surface area contributed by atoms with Crippen molar-refractivity contribution in [2.75, 3.05) is 11.2 Å². The minimum atomic E-state index is -0.420. The van der Waals surface area contributed by atoms with E-state index in [1.165, 1.54) is 16.4 Å². The highest BCUT2D eigenvalue weighted by Crippen LogP contribution is 2.29. The lowest BCUT2D eigenvalue weighted by atomic mass is 10.0. The number of benzene rings is 3. The maximum Gasteiger partial charge on any atom is 0.237 e. The number of carbonyl (C=O) groups excluding carboxylic acids is 1. The molecule has 176 valence electrons. The number of carbonyl (C=O) groups is 1. The molecule has 0 saturated carbocycles. The SMILES string of the molecule is Cc1ccc(C(C)C)c(OCc2nnc(SC(C)C(=O)Nc3ccc4ccccc4c3)n2N)c1. The van der Waals surface area contributed by atoms with Gasteiger partial charge in [0.15, 0.2) is 5.82 Å². The number of ether oxygens (including phenoxy) is 1. The molecular formula is C26H29N5O2S. The Kier molecular flexibility index (Phi) is 7.07. The van der Waals surface area contributed by atoms with Crippen LogP contribution in [0.4, 0.5) is 5.69 Å². The Morgan fingerprint density at radius 3 is 2.59 bits per heavy atom. The number of amides is 1. The van der Waals surface area contributed by atoms with Crippen molar-refractivity contribution in [2.24, 2.45) is 0 Å². The highest BCUT2D eigenvalue weighted by molar-refractivity contribution is 8.00. The van der Waals surface area contributed by atoms with E-state index in [1.54, 1.807) is 0 Å². The highest BCUT2D eigenvalue weighted by Gasteiger charge is 2.20. The summed E-state index contributed by atoms with van der Waals surface area (Å²) in [4.78, 5) is 12.8. The van der Waals surface area contributed by atoms with Crippen LogP contribution in [0.1, 0.15) is 43.6 Å². The topological polar surface area (TPSA) is 95.1 Å². The molecule has 7 nitrogen and oxygen atoms in total. The van der Waals surface area contributed by atoms with E-state index >= 15 is 0 Å². The average Bonchev–Trinajstić information content (AvgIpc) is 3.16. The summed E-state index contributed by atoms with van der Waals surface area (Å²) in [6, 6.07) is 20.0. The summed E-state index contributed by atoms with van der Waals surface area (Å²) in [5.74, 6) is 7.72.